The van der Waals surface area contributed by atoms with Crippen LogP contribution in [0.15, 0.2) is 12.1 Å². The van der Waals surface area contributed by atoms with Gasteiger partial charge in [-0.05, 0) is 49.9 Å². The number of ether oxygens (including phenoxy) is 1. The average Bonchev–Trinajstić information content (AvgIpc) is 2.91. The summed E-state index contributed by atoms with van der Waals surface area (Å²) in [5.41, 5.74) is 1.76. The Balaban J connectivity index is 2.00. The summed E-state index contributed by atoms with van der Waals surface area (Å²) in [7, 11) is 0. The monoisotopic (exact) mass is 311 g/mol. The molecule has 5 nitrogen and oxygen atoms in total. The second kappa shape index (κ2) is 6.35. The number of benzene rings is 1. The van der Waals surface area contributed by atoms with E-state index in [9.17, 15) is 9.59 Å². The van der Waals surface area contributed by atoms with Gasteiger partial charge in [0.25, 0.3) is 5.91 Å². The molecule has 1 saturated heterocycles. The summed E-state index contributed by atoms with van der Waals surface area (Å²) in [6, 6.07) is 2.80. The number of carbonyl (C=O) groups excluding carboxylic acids is 1. The maximum Gasteiger partial charge on any atom is 0.326 e. The normalized spacial score (nSPS) is 17.9. The first kappa shape index (κ1) is 15.6. The highest BCUT2D eigenvalue weighted by atomic mass is 35.5. The van der Waals surface area contributed by atoms with Gasteiger partial charge in [0.2, 0.25) is 0 Å². The molecule has 0 radical (unpaired) electrons. The summed E-state index contributed by atoms with van der Waals surface area (Å²) >= 11 is 6.07. The van der Waals surface area contributed by atoms with Gasteiger partial charge in [-0.25, -0.2) is 4.79 Å². The highest BCUT2D eigenvalue weighted by molar-refractivity contribution is 6.32. The smallest absolute Gasteiger partial charge is 0.326 e. The van der Waals surface area contributed by atoms with Gasteiger partial charge in [0.15, 0.2) is 6.61 Å². The Morgan fingerprint density at radius 3 is 2.57 bits per heavy atom. The highest BCUT2D eigenvalue weighted by Gasteiger charge is 2.33. The minimum atomic E-state index is -0.959. The Bertz CT molecular complexity index is 550. The second-order valence-electron chi connectivity index (χ2n) is 5.24. The first-order chi connectivity index (χ1) is 9.90. The molecule has 1 aliphatic rings. The number of halogens is 1. The van der Waals surface area contributed by atoms with E-state index in [-0.39, 0.29) is 12.5 Å². The minimum Gasteiger partial charge on any atom is -0.484 e. The number of hydrogen-bond acceptors (Lipinski definition) is 3. The molecule has 0 aliphatic carbocycles. The Labute approximate surface area is 128 Å². The lowest BCUT2D eigenvalue weighted by atomic mass is 10.1. The minimum absolute atomic E-state index is 0.162. The molecule has 21 heavy (non-hydrogen) atoms. The van der Waals surface area contributed by atoms with E-state index in [0.29, 0.717) is 30.2 Å². The van der Waals surface area contributed by atoms with Gasteiger partial charge in [0, 0.05) is 11.6 Å². The lowest BCUT2D eigenvalue weighted by Crippen LogP contribution is -2.42. The third kappa shape index (κ3) is 3.47. The molecular weight excluding hydrogens is 294 g/mol. The van der Waals surface area contributed by atoms with Crippen LogP contribution >= 0.6 is 11.6 Å². The number of rotatable bonds is 4. The van der Waals surface area contributed by atoms with E-state index in [1.165, 1.54) is 4.90 Å². The van der Waals surface area contributed by atoms with Crippen LogP contribution in [0, 0.1) is 13.8 Å². The molecule has 6 heteroatoms. The Kier molecular flexibility index (Phi) is 4.73. The number of aliphatic carboxylic acids is 1. The largest absolute Gasteiger partial charge is 0.484 e. The van der Waals surface area contributed by atoms with Crippen molar-refractivity contribution in [1.29, 1.82) is 0 Å². The molecule has 0 spiro atoms. The van der Waals surface area contributed by atoms with Gasteiger partial charge in [0.05, 0.1) is 0 Å². The first-order valence-electron chi connectivity index (χ1n) is 6.82. The number of carboxylic acids is 1. The molecule has 1 unspecified atom stereocenters. The van der Waals surface area contributed by atoms with Gasteiger partial charge < -0.3 is 14.7 Å². The van der Waals surface area contributed by atoms with Gasteiger partial charge in [-0.15, -0.1) is 0 Å². The van der Waals surface area contributed by atoms with Crippen LogP contribution in [0.25, 0.3) is 0 Å². The molecule has 2 rings (SSSR count). The quantitative estimate of drug-likeness (QED) is 0.927. The maximum absolute atomic E-state index is 12.1. The molecule has 114 valence electrons. The Morgan fingerprint density at radius 1 is 1.38 bits per heavy atom. The number of amides is 1. The summed E-state index contributed by atoms with van der Waals surface area (Å²) in [6.07, 6.45) is 1.21. The number of nitrogens with zero attached hydrogens (tertiary/aromatic N) is 1. The lowest BCUT2D eigenvalue weighted by Gasteiger charge is -2.21. The molecule has 1 N–H and O–H groups in total. The molecule has 0 aromatic heterocycles. The van der Waals surface area contributed by atoms with Crippen molar-refractivity contribution < 1.29 is 19.4 Å². The van der Waals surface area contributed by atoms with Gasteiger partial charge in [-0.1, -0.05) is 11.6 Å². The molecule has 1 heterocycles. The fourth-order valence-electron chi connectivity index (χ4n) is 2.54. The van der Waals surface area contributed by atoms with Crippen molar-refractivity contribution in [3.63, 3.8) is 0 Å². The topological polar surface area (TPSA) is 66.8 Å². The fraction of sp³-hybridized carbons (Fsp3) is 0.467. The highest BCUT2D eigenvalue weighted by Crippen LogP contribution is 2.26. The zero-order chi connectivity index (χ0) is 15.6. The zero-order valence-electron chi connectivity index (χ0n) is 12.1. The summed E-state index contributed by atoms with van der Waals surface area (Å²) in [5, 5.41) is 9.75. The molecule has 1 aromatic carbocycles. The zero-order valence-corrected chi connectivity index (χ0v) is 12.8. The lowest BCUT2D eigenvalue weighted by molar-refractivity contribution is -0.148. The summed E-state index contributed by atoms with van der Waals surface area (Å²) in [6.45, 7) is 4.04. The summed E-state index contributed by atoms with van der Waals surface area (Å²) in [4.78, 5) is 24.5. The first-order valence-corrected chi connectivity index (χ1v) is 7.19. The van der Waals surface area contributed by atoms with Crippen molar-refractivity contribution in [1.82, 2.24) is 4.90 Å². The van der Waals surface area contributed by atoms with Crippen molar-refractivity contribution in [3.8, 4) is 5.75 Å². The Morgan fingerprint density at radius 2 is 2.00 bits per heavy atom. The van der Waals surface area contributed by atoms with Crippen LogP contribution in [0.2, 0.25) is 5.02 Å². The Hall–Kier alpha value is -1.75. The molecule has 1 atom stereocenters. The number of aryl methyl sites for hydroxylation is 2. The molecule has 1 fully saturated rings. The molecule has 0 saturated carbocycles. The third-order valence-electron chi connectivity index (χ3n) is 3.63. The van der Waals surface area contributed by atoms with Crippen molar-refractivity contribution in [2.75, 3.05) is 13.2 Å². The van der Waals surface area contributed by atoms with Gasteiger partial charge in [-0.3, -0.25) is 4.79 Å². The van der Waals surface area contributed by atoms with Crippen molar-refractivity contribution >= 4 is 23.5 Å². The van der Waals surface area contributed by atoms with E-state index in [1.54, 1.807) is 12.1 Å². The van der Waals surface area contributed by atoms with E-state index < -0.39 is 12.0 Å². The molecule has 1 aromatic rings. The SMILES string of the molecule is Cc1cc(OCC(=O)N2CCCC2C(=O)O)cc(C)c1Cl. The van der Waals surface area contributed by atoms with Crippen LogP contribution < -0.4 is 4.74 Å². The van der Waals surface area contributed by atoms with Crippen LogP contribution in [0.1, 0.15) is 24.0 Å². The molecular formula is C15H18ClNO4. The van der Waals surface area contributed by atoms with Gasteiger partial charge in [0.1, 0.15) is 11.8 Å². The number of likely N-dealkylation sites (tertiary alicyclic amines) is 1. The molecule has 1 amide bonds. The third-order valence-corrected chi connectivity index (χ3v) is 4.23. The van der Waals surface area contributed by atoms with Crippen molar-refractivity contribution in [2.45, 2.75) is 32.7 Å². The predicted molar refractivity (Wildman–Crippen MR) is 78.8 cm³/mol. The van der Waals surface area contributed by atoms with Crippen LogP contribution in [-0.2, 0) is 9.59 Å². The van der Waals surface area contributed by atoms with Gasteiger partial charge in [-0.2, -0.15) is 0 Å². The van der Waals surface area contributed by atoms with Crippen LogP contribution in [-0.4, -0.2) is 41.1 Å². The fourth-order valence-corrected chi connectivity index (χ4v) is 2.65. The van der Waals surface area contributed by atoms with E-state index in [0.717, 1.165) is 11.1 Å². The van der Waals surface area contributed by atoms with Crippen LogP contribution in [0.5, 0.6) is 5.75 Å². The summed E-state index contributed by atoms with van der Waals surface area (Å²) < 4.78 is 5.48. The number of carboxylic acid groups (broad SMARTS) is 1. The predicted octanol–water partition coefficient (Wildman–Crippen LogP) is 2.41. The average molecular weight is 312 g/mol. The van der Waals surface area contributed by atoms with E-state index in [1.807, 2.05) is 13.8 Å². The van der Waals surface area contributed by atoms with Crippen LogP contribution in [0.4, 0.5) is 0 Å². The van der Waals surface area contributed by atoms with E-state index in [2.05, 4.69) is 0 Å². The van der Waals surface area contributed by atoms with Gasteiger partial charge >= 0.3 is 5.97 Å². The number of hydrogen-bond donors (Lipinski definition) is 1. The van der Waals surface area contributed by atoms with Crippen molar-refractivity contribution in [2.24, 2.45) is 0 Å². The summed E-state index contributed by atoms with van der Waals surface area (Å²) in [5.74, 6) is -0.696. The maximum atomic E-state index is 12.1. The number of carbonyl (C=O) groups is 2. The van der Waals surface area contributed by atoms with Crippen LogP contribution in [0.3, 0.4) is 0 Å². The van der Waals surface area contributed by atoms with E-state index >= 15 is 0 Å². The standard InChI is InChI=1S/C15H18ClNO4/c1-9-6-11(7-10(2)14(9)16)21-8-13(18)17-5-3-4-12(17)15(19)20/h6-7,12H,3-5,8H2,1-2H3,(H,19,20). The molecule has 0 bridgehead atoms. The van der Waals surface area contributed by atoms with E-state index in [4.69, 9.17) is 21.4 Å². The second-order valence-corrected chi connectivity index (χ2v) is 5.62. The van der Waals surface area contributed by atoms with Crippen molar-refractivity contribution in [3.05, 3.63) is 28.3 Å². The molecule has 1 aliphatic heterocycles.